The van der Waals surface area contributed by atoms with Crippen LogP contribution in [0.25, 0.3) is 0 Å². The summed E-state index contributed by atoms with van der Waals surface area (Å²) in [5, 5.41) is 2.82. The summed E-state index contributed by atoms with van der Waals surface area (Å²) in [5.41, 5.74) is 0.354. The highest BCUT2D eigenvalue weighted by atomic mass is 16.7. The molecule has 2 aromatic heterocycles. The number of ether oxygens (including phenoxy) is 2. The van der Waals surface area contributed by atoms with Crippen LogP contribution in [-0.2, 0) is 16.0 Å². The fourth-order valence-electron chi connectivity index (χ4n) is 3.36. The lowest BCUT2D eigenvalue weighted by atomic mass is 10.0. The highest BCUT2D eigenvalue weighted by molar-refractivity contribution is 5.92. The molecule has 2 aliphatic rings. The first kappa shape index (κ1) is 17.0. The molecule has 1 N–H and O–H groups in total. The van der Waals surface area contributed by atoms with Gasteiger partial charge in [-0.2, -0.15) is 0 Å². The molecule has 0 radical (unpaired) electrons. The van der Waals surface area contributed by atoms with E-state index in [0.717, 1.165) is 31.7 Å². The zero-order valence-corrected chi connectivity index (χ0v) is 14.7. The average Bonchev–Trinajstić information content (AvgIpc) is 3.32. The molecule has 2 fully saturated rings. The molecule has 0 aromatic carbocycles. The smallest absolute Gasteiger partial charge is 0.270 e. The van der Waals surface area contributed by atoms with Crippen molar-refractivity contribution < 1.29 is 18.7 Å². The Morgan fingerprint density at radius 3 is 2.73 bits per heavy atom. The number of furan rings is 1. The van der Waals surface area contributed by atoms with E-state index in [-0.39, 0.29) is 5.91 Å². The molecule has 138 valence electrons. The van der Waals surface area contributed by atoms with E-state index in [4.69, 9.17) is 13.9 Å². The van der Waals surface area contributed by atoms with Gasteiger partial charge >= 0.3 is 0 Å². The number of amides is 1. The van der Waals surface area contributed by atoms with Crippen molar-refractivity contribution in [3.05, 3.63) is 41.7 Å². The van der Waals surface area contributed by atoms with Crippen molar-refractivity contribution in [1.82, 2.24) is 15.3 Å². The number of carbonyl (C=O) groups excluding carboxylic acids is 1. The van der Waals surface area contributed by atoms with Crippen molar-refractivity contribution in [2.45, 2.75) is 32.1 Å². The summed E-state index contributed by atoms with van der Waals surface area (Å²) < 4.78 is 16.8. The first-order chi connectivity index (χ1) is 12.6. The van der Waals surface area contributed by atoms with Gasteiger partial charge in [-0.1, -0.05) is 0 Å². The van der Waals surface area contributed by atoms with Crippen LogP contribution in [0.1, 0.15) is 34.9 Å². The predicted octanol–water partition coefficient (Wildman–Crippen LogP) is 1.65. The minimum absolute atomic E-state index is 0.246. The Morgan fingerprint density at radius 1 is 1.27 bits per heavy atom. The van der Waals surface area contributed by atoms with E-state index in [9.17, 15) is 4.79 Å². The van der Waals surface area contributed by atoms with Gasteiger partial charge in [-0.05, 0) is 19.1 Å². The normalized spacial score (nSPS) is 19.0. The molecule has 2 aromatic rings. The molecule has 0 unspecified atom stereocenters. The summed E-state index contributed by atoms with van der Waals surface area (Å²) in [4.78, 5) is 23.3. The topological polar surface area (TPSA) is 89.7 Å². The number of rotatable bonds is 4. The van der Waals surface area contributed by atoms with E-state index in [0.29, 0.717) is 37.0 Å². The minimum Gasteiger partial charge on any atom is -0.467 e. The van der Waals surface area contributed by atoms with Gasteiger partial charge in [0.2, 0.25) is 0 Å². The van der Waals surface area contributed by atoms with Crippen LogP contribution in [0.2, 0.25) is 0 Å². The van der Waals surface area contributed by atoms with Gasteiger partial charge in [0.05, 0.1) is 26.0 Å². The van der Waals surface area contributed by atoms with Crippen LogP contribution in [0.5, 0.6) is 0 Å². The van der Waals surface area contributed by atoms with E-state index in [1.165, 1.54) is 0 Å². The van der Waals surface area contributed by atoms with Crippen molar-refractivity contribution in [2.24, 2.45) is 0 Å². The van der Waals surface area contributed by atoms with Crippen LogP contribution in [0.3, 0.4) is 0 Å². The van der Waals surface area contributed by atoms with Crippen molar-refractivity contribution in [1.29, 1.82) is 0 Å². The quantitative estimate of drug-likeness (QED) is 0.889. The predicted molar refractivity (Wildman–Crippen MR) is 92.7 cm³/mol. The standard InChI is InChI=1S/C18H22N4O4/c1-13-20-15(17(23)19-12-14-3-2-8-24-14)11-16(21-13)22-6-4-18(5-7-22)25-9-10-26-18/h2-3,8,11H,4-7,9-10,12H2,1H3,(H,19,23). The van der Waals surface area contributed by atoms with Gasteiger partial charge in [-0.3, -0.25) is 4.79 Å². The van der Waals surface area contributed by atoms with Gasteiger partial charge in [-0.25, -0.2) is 9.97 Å². The molecule has 2 aliphatic heterocycles. The van der Waals surface area contributed by atoms with Crippen molar-refractivity contribution in [3.63, 3.8) is 0 Å². The van der Waals surface area contributed by atoms with Gasteiger partial charge in [0, 0.05) is 32.0 Å². The van der Waals surface area contributed by atoms with E-state index in [1.807, 2.05) is 6.07 Å². The van der Waals surface area contributed by atoms with E-state index < -0.39 is 5.79 Å². The summed E-state index contributed by atoms with van der Waals surface area (Å²) >= 11 is 0. The number of anilines is 1. The molecule has 0 saturated carbocycles. The maximum absolute atomic E-state index is 12.4. The zero-order chi connectivity index (χ0) is 18.0. The summed E-state index contributed by atoms with van der Waals surface area (Å²) in [7, 11) is 0. The molecular weight excluding hydrogens is 336 g/mol. The third kappa shape index (κ3) is 3.56. The molecule has 8 heteroatoms. The van der Waals surface area contributed by atoms with Crippen LogP contribution in [0.15, 0.2) is 28.9 Å². The summed E-state index contributed by atoms with van der Waals surface area (Å²) in [5.74, 6) is 1.35. The first-order valence-corrected chi connectivity index (χ1v) is 8.83. The maximum Gasteiger partial charge on any atom is 0.270 e. The summed E-state index contributed by atoms with van der Waals surface area (Å²) in [6.07, 6.45) is 3.15. The number of hydrogen-bond acceptors (Lipinski definition) is 7. The van der Waals surface area contributed by atoms with Crippen molar-refractivity contribution in [2.75, 3.05) is 31.2 Å². The number of hydrogen-bond donors (Lipinski definition) is 1. The first-order valence-electron chi connectivity index (χ1n) is 8.83. The molecule has 26 heavy (non-hydrogen) atoms. The van der Waals surface area contributed by atoms with Crippen LogP contribution in [0, 0.1) is 6.92 Å². The molecule has 1 spiro atoms. The van der Waals surface area contributed by atoms with Crippen LogP contribution in [0.4, 0.5) is 5.82 Å². The second-order valence-electron chi connectivity index (χ2n) is 6.52. The largest absolute Gasteiger partial charge is 0.467 e. The molecule has 0 atom stereocenters. The fraction of sp³-hybridized carbons (Fsp3) is 0.500. The van der Waals surface area contributed by atoms with Crippen molar-refractivity contribution in [3.8, 4) is 0 Å². The Labute approximate surface area is 151 Å². The second-order valence-corrected chi connectivity index (χ2v) is 6.52. The second kappa shape index (κ2) is 7.05. The average molecular weight is 358 g/mol. The molecule has 4 rings (SSSR count). The van der Waals surface area contributed by atoms with E-state index in [2.05, 4.69) is 20.2 Å². The van der Waals surface area contributed by atoms with Crippen LogP contribution in [-0.4, -0.2) is 48.0 Å². The molecule has 0 bridgehead atoms. The third-order valence-electron chi connectivity index (χ3n) is 4.72. The Kier molecular flexibility index (Phi) is 4.60. The van der Waals surface area contributed by atoms with Gasteiger partial charge < -0.3 is 24.1 Å². The van der Waals surface area contributed by atoms with Gasteiger partial charge in [0.25, 0.3) is 5.91 Å². The molecule has 0 aliphatic carbocycles. The maximum atomic E-state index is 12.4. The van der Waals surface area contributed by atoms with Crippen LogP contribution < -0.4 is 10.2 Å². The Morgan fingerprint density at radius 2 is 2.04 bits per heavy atom. The van der Waals surface area contributed by atoms with Crippen LogP contribution >= 0.6 is 0 Å². The monoisotopic (exact) mass is 358 g/mol. The molecular formula is C18H22N4O4. The molecule has 1 amide bonds. The summed E-state index contributed by atoms with van der Waals surface area (Å²) in [6, 6.07) is 5.34. The highest BCUT2D eigenvalue weighted by Gasteiger charge is 2.40. The molecule has 2 saturated heterocycles. The number of carbonyl (C=O) groups is 1. The number of piperidine rings is 1. The number of aromatic nitrogens is 2. The molecule has 4 heterocycles. The summed E-state index contributed by atoms with van der Waals surface area (Å²) in [6.45, 7) is 4.97. The lowest BCUT2D eigenvalue weighted by Gasteiger charge is -2.38. The third-order valence-corrected chi connectivity index (χ3v) is 4.72. The SMILES string of the molecule is Cc1nc(C(=O)NCc2ccco2)cc(N2CCC3(CC2)OCCO3)n1. The Bertz CT molecular complexity index is 762. The number of aryl methyl sites for hydroxylation is 1. The lowest BCUT2D eigenvalue weighted by molar-refractivity contribution is -0.169. The lowest BCUT2D eigenvalue weighted by Crippen LogP contribution is -2.45. The van der Waals surface area contributed by atoms with E-state index in [1.54, 1.807) is 25.3 Å². The fourth-order valence-corrected chi connectivity index (χ4v) is 3.36. The number of nitrogens with zero attached hydrogens (tertiary/aromatic N) is 3. The van der Waals surface area contributed by atoms with Gasteiger partial charge in [0.15, 0.2) is 5.79 Å². The van der Waals surface area contributed by atoms with Gasteiger partial charge in [-0.15, -0.1) is 0 Å². The zero-order valence-electron chi connectivity index (χ0n) is 14.7. The molecule has 8 nitrogen and oxygen atoms in total. The Hall–Kier alpha value is -2.45. The Balaban J connectivity index is 1.43. The number of nitrogens with one attached hydrogen (secondary N) is 1. The minimum atomic E-state index is -0.429. The van der Waals surface area contributed by atoms with E-state index >= 15 is 0 Å². The van der Waals surface area contributed by atoms with Crippen molar-refractivity contribution >= 4 is 11.7 Å². The highest BCUT2D eigenvalue weighted by Crippen LogP contribution is 2.32. The van der Waals surface area contributed by atoms with Gasteiger partial charge in [0.1, 0.15) is 23.1 Å².